The average Bonchev–Trinajstić information content (AvgIpc) is 2.59. The number of hydroxylamine groups is 1. The van der Waals surface area contributed by atoms with Crippen LogP contribution >= 0.6 is 0 Å². The van der Waals surface area contributed by atoms with Crippen LogP contribution in [0.25, 0.3) is 10.9 Å². The molecule has 0 bridgehead atoms. The van der Waals surface area contributed by atoms with E-state index >= 15 is 0 Å². The molecule has 0 fully saturated rings. The van der Waals surface area contributed by atoms with Crippen molar-refractivity contribution in [2.45, 2.75) is 6.18 Å². The van der Waals surface area contributed by atoms with E-state index in [0.717, 1.165) is 23.7 Å². The predicted octanol–water partition coefficient (Wildman–Crippen LogP) is 3.37. The molecule has 0 saturated carbocycles. The number of pyridine rings is 2. The summed E-state index contributed by atoms with van der Waals surface area (Å²) in [6.45, 7) is 0. The van der Waals surface area contributed by atoms with Crippen LogP contribution in [0.15, 0.2) is 54.7 Å². The van der Waals surface area contributed by atoms with Crippen molar-refractivity contribution in [2.24, 2.45) is 0 Å². The number of alkyl halides is 3. The van der Waals surface area contributed by atoms with Gasteiger partial charge in [0.2, 0.25) is 0 Å². The highest BCUT2D eigenvalue weighted by atomic mass is 19.4. The number of para-hydroxylation sites is 1. The zero-order chi connectivity index (χ0) is 17.2. The largest absolute Gasteiger partial charge is 0.433 e. The number of nitrogens with zero attached hydrogens (tertiary/aromatic N) is 2. The van der Waals surface area contributed by atoms with Crippen LogP contribution in [-0.4, -0.2) is 15.9 Å². The highest BCUT2D eigenvalue weighted by Gasteiger charge is 2.32. The number of fused-ring (bicyclic) bond motifs is 1. The van der Waals surface area contributed by atoms with Gasteiger partial charge in [0.1, 0.15) is 11.4 Å². The van der Waals surface area contributed by atoms with E-state index in [2.05, 4.69) is 15.4 Å². The van der Waals surface area contributed by atoms with Crippen LogP contribution in [0.2, 0.25) is 0 Å². The molecule has 0 aliphatic rings. The van der Waals surface area contributed by atoms with Gasteiger partial charge in [0, 0.05) is 5.39 Å². The monoisotopic (exact) mass is 333 g/mol. The molecule has 0 aliphatic carbocycles. The third kappa shape index (κ3) is 3.43. The van der Waals surface area contributed by atoms with Gasteiger partial charge in [-0.05, 0) is 24.3 Å². The highest BCUT2D eigenvalue weighted by Crippen LogP contribution is 2.28. The summed E-state index contributed by atoms with van der Waals surface area (Å²) in [6, 6.07) is 12.3. The van der Waals surface area contributed by atoms with Crippen LogP contribution in [0.5, 0.6) is 5.75 Å². The molecule has 0 unspecified atom stereocenters. The van der Waals surface area contributed by atoms with E-state index < -0.39 is 17.8 Å². The Labute approximate surface area is 134 Å². The standard InChI is InChI=1S/C16H10F3N3O2/c17-16(18,19)14-8-6-11(9-20-14)24-22-15(23)13-7-5-10-3-1-2-4-12(10)21-13/h1-9H,(H,22,23). The van der Waals surface area contributed by atoms with E-state index in [-0.39, 0.29) is 11.4 Å². The van der Waals surface area contributed by atoms with Crippen molar-refractivity contribution >= 4 is 16.8 Å². The lowest BCUT2D eigenvalue weighted by Gasteiger charge is -2.08. The first-order valence-electron chi connectivity index (χ1n) is 6.80. The van der Waals surface area contributed by atoms with Crippen molar-refractivity contribution < 1.29 is 22.8 Å². The van der Waals surface area contributed by atoms with Crippen LogP contribution in [0, 0.1) is 0 Å². The van der Waals surface area contributed by atoms with E-state index in [4.69, 9.17) is 4.84 Å². The Balaban J connectivity index is 1.68. The zero-order valence-electron chi connectivity index (χ0n) is 12.0. The summed E-state index contributed by atoms with van der Waals surface area (Å²) in [7, 11) is 0. The van der Waals surface area contributed by atoms with Crippen LogP contribution in [-0.2, 0) is 6.18 Å². The third-order valence-electron chi connectivity index (χ3n) is 3.12. The summed E-state index contributed by atoms with van der Waals surface area (Å²) in [5.41, 5.74) is 1.83. The highest BCUT2D eigenvalue weighted by molar-refractivity contribution is 5.94. The number of hydrogen-bond acceptors (Lipinski definition) is 4. The van der Waals surface area contributed by atoms with E-state index in [1.54, 1.807) is 18.2 Å². The molecule has 1 amide bonds. The number of aromatic nitrogens is 2. The summed E-state index contributed by atoms with van der Waals surface area (Å²) >= 11 is 0. The summed E-state index contributed by atoms with van der Waals surface area (Å²) in [5.74, 6) is -0.655. The Morgan fingerprint density at radius 1 is 1.04 bits per heavy atom. The normalized spacial score (nSPS) is 11.3. The van der Waals surface area contributed by atoms with E-state index in [0.29, 0.717) is 5.52 Å². The molecule has 0 radical (unpaired) electrons. The summed E-state index contributed by atoms with van der Waals surface area (Å²) in [4.78, 5) is 24.3. The summed E-state index contributed by atoms with van der Waals surface area (Å²) in [5, 5.41) is 0.877. The van der Waals surface area contributed by atoms with Gasteiger partial charge in [-0.3, -0.25) is 4.79 Å². The minimum atomic E-state index is -4.53. The van der Waals surface area contributed by atoms with Gasteiger partial charge >= 0.3 is 12.1 Å². The van der Waals surface area contributed by atoms with Crippen molar-refractivity contribution in [3.8, 4) is 5.75 Å². The molecule has 0 atom stereocenters. The first-order chi connectivity index (χ1) is 11.4. The van der Waals surface area contributed by atoms with Crippen LogP contribution in [0.1, 0.15) is 16.2 Å². The second-order valence-electron chi connectivity index (χ2n) is 4.80. The summed E-state index contributed by atoms with van der Waals surface area (Å²) < 4.78 is 37.2. The van der Waals surface area contributed by atoms with Crippen LogP contribution in [0.3, 0.4) is 0 Å². The fourth-order valence-electron chi connectivity index (χ4n) is 1.96. The molecular weight excluding hydrogens is 323 g/mol. The van der Waals surface area contributed by atoms with Gasteiger partial charge in [-0.15, -0.1) is 0 Å². The average molecular weight is 333 g/mol. The molecule has 3 aromatic rings. The second kappa shape index (κ2) is 6.15. The maximum Gasteiger partial charge on any atom is 0.433 e. The zero-order valence-corrected chi connectivity index (χ0v) is 12.0. The van der Waals surface area contributed by atoms with E-state index in [1.807, 2.05) is 12.1 Å². The maximum atomic E-state index is 12.4. The van der Waals surface area contributed by atoms with Crippen LogP contribution in [0.4, 0.5) is 13.2 Å². The maximum absolute atomic E-state index is 12.4. The molecule has 0 spiro atoms. The molecule has 8 heteroatoms. The molecule has 0 aliphatic heterocycles. The fraction of sp³-hybridized carbons (Fsp3) is 0.0625. The van der Waals surface area contributed by atoms with E-state index in [9.17, 15) is 18.0 Å². The molecule has 24 heavy (non-hydrogen) atoms. The Morgan fingerprint density at radius 3 is 2.54 bits per heavy atom. The topological polar surface area (TPSA) is 64.1 Å². The first kappa shape index (κ1) is 15.7. The van der Waals surface area contributed by atoms with Gasteiger partial charge in [-0.1, -0.05) is 24.3 Å². The van der Waals surface area contributed by atoms with Gasteiger partial charge in [0.25, 0.3) is 0 Å². The molecule has 0 saturated heterocycles. The SMILES string of the molecule is O=C(NOc1ccc(C(F)(F)F)nc1)c1ccc2ccccc2n1. The Kier molecular flexibility index (Phi) is 4.03. The second-order valence-corrected chi connectivity index (χ2v) is 4.80. The lowest BCUT2D eigenvalue weighted by atomic mass is 10.2. The van der Waals surface area contributed by atoms with Crippen molar-refractivity contribution in [1.82, 2.24) is 15.4 Å². The van der Waals surface area contributed by atoms with Gasteiger partial charge in [0.15, 0.2) is 5.75 Å². The minimum absolute atomic E-state index is 0.0304. The van der Waals surface area contributed by atoms with Gasteiger partial charge < -0.3 is 4.84 Å². The number of rotatable bonds is 3. The van der Waals surface area contributed by atoms with Crippen molar-refractivity contribution in [1.29, 1.82) is 0 Å². The molecule has 122 valence electrons. The Hall–Kier alpha value is -3.16. The van der Waals surface area contributed by atoms with Gasteiger partial charge in [0.05, 0.1) is 11.7 Å². The first-order valence-corrected chi connectivity index (χ1v) is 6.80. The number of carbonyl (C=O) groups is 1. The quantitative estimate of drug-likeness (QED) is 0.747. The number of amides is 1. The number of benzene rings is 1. The van der Waals surface area contributed by atoms with Gasteiger partial charge in [-0.2, -0.15) is 18.7 Å². The smallest absolute Gasteiger partial charge is 0.378 e. The fourth-order valence-corrected chi connectivity index (χ4v) is 1.96. The molecule has 2 aromatic heterocycles. The summed E-state index contributed by atoms with van der Waals surface area (Å²) in [6.07, 6.45) is -3.66. The van der Waals surface area contributed by atoms with Gasteiger partial charge in [-0.25, -0.2) is 9.97 Å². The predicted molar refractivity (Wildman–Crippen MR) is 79.1 cm³/mol. The lowest BCUT2D eigenvalue weighted by molar-refractivity contribution is -0.141. The Morgan fingerprint density at radius 2 is 1.83 bits per heavy atom. The molecule has 3 rings (SSSR count). The third-order valence-corrected chi connectivity index (χ3v) is 3.12. The minimum Gasteiger partial charge on any atom is -0.378 e. The lowest BCUT2D eigenvalue weighted by Crippen LogP contribution is -2.27. The Bertz CT molecular complexity index is 880. The molecule has 1 N–H and O–H groups in total. The molecule has 5 nitrogen and oxygen atoms in total. The molecular formula is C16H10F3N3O2. The number of halogens is 3. The van der Waals surface area contributed by atoms with E-state index in [1.165, 1.54) is 6.07 Å². The van der Waals surface area contributed by atoms with Crippen molar-refractivity contribution in [2.75, 3.05) is 0 Å². The number of carbonyl (C=O) groups excluding carboxylic acids is 1. The number of hydrogen-bond donors (Lipinski definition) is 1. The van der Waals surface area contributed by atoms with Crippen molar-refractivity contribution in [3.63, 3.8) is 0 Å². The molecule has 2 heterocycles. The molecule has 1 aromatic carbocycles. The number of nitrogens with one attached hydrogen (secondary N) is 1. The van der Waals surface area contributed by atoms with Crippen LogP contribution < -0.4 is 10.3 Å². The van der Waals surface area contributed by atoms with Crippen molar-refractivity contribution in [3.05, 3.63) is 66.1 Å².